The van der Waals surface area contributed by atoms with Crippen LogP contribution in [0.15, 0.2) is 72.8 Å². The molecule has 0 radical (unpaired) electrons. The molecule has 3 rings (SSSR count). The van der Waals surface area contributed by atoms with E-state index in [4.69, 9.17) is 18.9 Å². The van der Waals surface area contributed by atoms with E-state index >= 15 is 0 Å². The summed E-state index contributed by atoms with van der Waals surface area (Å²) < 4.78 is 24.7. The minimum absolute atomic E-state index is 0.112. The molecular weight excluding hydrogens is 404 g/mol. The fraction of sp³-hybridized carbons (Fsp3) is 0.333. The second-order valence-corrected chi connectivity index (χ2v) is 7.04. The van der Waals surface area contributed by atoms with E-state index in [0.717, 1.165) is 16.7 Å². The SMILES string of the molecule is CCOc1ccccc1C(OCCO)(c1ccccc1OCC)c1ccccc1OCC. The molecule has 0 unspecified atom stereocenters. The van der Waals surface area contributed by atoms with Crippen molar-refractivity contribution in [2.24, 2.45) is 0 Å². The van der Waals surface area contributed by atoms with Gasteiger partial charge < -0.3 is 24.1 Å². The predicted molar refractivity (Wildman–Crippen MR) is 126 cm³/mol. The van der Waals surface area contributed by atoms with Crippen LogP contribution < -0.4 is 14.2 Å². The lowest BCUT2D eigenvalue weighted by Crippen LogP contribution is -2.35. The van der Waals surface area contributed by atoms with Crippen molar-refractivity contribution < 1.29 is 24.1 Å². The van der Waals surface area contributed by atoms with Gasteiger partial charge in [-0.05, 0) is 39.0 Å². The van der Waals surface area contributed by atoms with Crippen molar-refractivity contribution in [1.82, 2.24) is 0 Å². The lowest BCUT2D eigenvalue weighted by atomic mass is 9.78. The van der Waals surface area contributed by atoms with Gasteiger partial charge in [-0.1, -0.05) is 54.6 Å². The summed E-state index contributed by atoms with van der Waals surface area (Å²) >= 11 is 0. The van der Waals surface area contributed by atoms with E-state index < -0.39 is 5.60 Å². The number of hydrogen-bond acceptors (Lipinski definition) is 5. The first-order valence-electron chi connectivity index (χ1n) is 11.1. The molecule has 170 valence electrons. The standard InChI is InChI=1S/C27H32O5/c1-4-29-24-16-10-7-13-21(24)27(32-20-19-28,22-14-8-11-17-25(22)30-5-2)23-15-9-12-18-26(23)31-6-3/h7-18,28H,4-6,19-20H2,1-3H3. The molecule has 0 spiro atoms. The Morgan fingerprint density at radius 1 is 0.594 bits per heavy atom. The molecule has 0 amide bonds. The van der Waals surface area contributed by atoms with Crippen LogP contribution in [0.3, 0.4) is 0 Å². The highest BCUT2D eigenvalue weighted by Crippen LogP contribution is 2.50. The van der Waals surface area contributed by atoms with Gasteiger partial charge in [0.05, 0.1) is 33.0 Å². The second kappa shape index (κ2) is 11.6. The van der Waals surface area contributed by atoms with Crippen LogP contribution in [-0.4, -0.2) is 38.1 Å². The molecule has 1 N–H and O–H groups in total. The Morgan fingerprint density at radius 2 is 0.938 bits per heavy atom. The first-order valence-corrected chi connectivity index (χ1v) is 11.1. The van der Waals surface area contributed by atoms with Crippen molar-refractivity contribution in [2.45, 2.75) is 26.4 Å². The van der Waals surface area contributed by atoms with Crippen LogP contribution in [-0.2, 0) is 10.3 Å². The number of aliphatic hydroxyl groups excluding tert-OH is 1. The zero-order chi connectivity index (χ0) is 22.8. The van der Waals surface area contributed by atoms with Gasteiger partial charge in [-0.15, -0.1) is 0 Å². The van der Waals surface area contributed by atoms with Gasteiger partial charge in [0.15, 0.2) is 5.60 Å². The van der Waals surface area contributed by atoms with Crippen molar-refractivity contribution in [2.75, 3.05) is 33.0 Å². The number of ether oxygens (including phenoxy) is 4. The van der Waals surface area contributed by atoms with Crippen molar-refractivity contribution in [3.8, 4) is 17.2 Å². The second-order valence-electron chi connectivity index (χ2n) is 7.04. The van der Waals surface area contributed by atoms with Crippen molar-refractivity contribution in [3.63, 3.8) is 0 Å². The van der Waals surface area contributed by atoms with Crippen molar-refractivity contribution in [3.05, 3.63) is 89.5 Å². The molecule has 0 aliphatic rings. The smallest absolute Gasteiger partial charge is 0.154 e. The van der Waals surface area contributed by atoms with Gasteiger partial charge in [-0.25, -0.2) is 0 Å². The normalized spacial score (nSPS) is 11.2. The summed E-state index contributed by atoms with van der Waals surface area (Å²) in [6.07, 6.45) is 0. The summed E-state index contributed by atoms with van der Waals surface area (Å²) in [4.78, 5) is 0. The van der Waals surface area contributed by atoms with Crippen LogP contribution in [0.4, 0.5) is 0 Å². The van der Waals surface area contributed by atoms with Crippen LogP contribution in [0.25, 0.3) is 0 Å². The maximum atomic E-state index is 9.77. The summed E-state index contributed by atoms with van der Waals surface area (Å²) in [5.41, 5.74) is 1.31. The lowest BCUT2D eigenvalue weighted by Gasteiger charge is -2.38. The molecular formula is C27H32O5. The Kier molecular flexibility index (Phi) is 8.54. The van der Waals surface area contributed by atoms with Crippen LogP contribution in [0.5, 0.6) is 17.2 Å². The molecule has 32 heavy (non-hydrogen) atoms. The number of rotatable bonds is 12. The van der Waals surface area contributed by atoms with Gasteiger partial charge in [0.1, 0.15) is 17.2 Å². The Hall–Kier alpha value is -3.02. The molecule has 5 heteroatoms. The van der Waals surface area contributed by atoms with Gasteiger partial charge in [0.2, 0.25) is 0 Å². The van der Waals surface area contributed by atoms with E-state index in [-0.39, 0.29) is 13.2 Å². The van der Waals surface area contributed by atoms with Gasteiger partial charge in [-0.3, -0.25) is 0 Å². The summed E-state index contributed by atoms with van der Waals surface area (Å²) in [6.45, 7) is 7.36. The molecule has 0 fully saturated rings. The minimum Gasteiger partial charge on any atom is -0.493 e. The van der Waals surface area contributed by atoms with Crippen molar-refractivity contribution in [1.29, 1.82) is 0 Å². The molecule has 0 atom stereocenters. The topological polar surface area (TPSA) is 57.2 Å². The Balaban J connectivity index is 2.44. The average molecular weight is 437 g/mol. The molecule has 5 nitrogen and oxygen atoms in total. The lowest BCUT2D eigenvalue weighted by molar-refractivity contribution is -0.0109. The molecule has 0 aromatic heterocycles. The van der Waals surface area contributed by atoms with Gasteiger partial charge in [0.25, 0.3) is 0 Å². The quantitative estimate of drug-likeness (QED) is 0.396. The van der Waals surface area contributed by atoms with Crippen LogP contribution in [0.1, 0.15) is 37.5 Å². The monoisotopic (exact) mass is 436 g/mol. The van der Waals surface area contributed by atoms with Gasteiger partial charge in [0, 0.05) is 16.7 Å². The Bertz CT molecular complexity index is 865. The van der Waals surface area contributed by atoms with Crippen LogP contribution >= 0.6 is 0 Å². The molecule has 0 heterocycles. The first kappa shape index (κ1) is 23.6. The summed E-state index contributed by atoms with van der Waals surface area (Å²) in [7, 11) is 0. The Labute approximate surface area is 190 Å². The highest BCUT2D eigenvalue weighted by atomic mass is 16.5. The molecule has 3 aromatic carbocycles. The van der Waals surface area contributed by atoms with Gasteiger partial charge in [-0.2, -0.15) is 0 Å². The summed E-state index contributed by atoms with van der Waals surface area (Å²) in [5, 5.41) is 9.77. The summed E-state index contributed by atoms with van der Waals surface area (Å²) in [6, 6.07) is 23.5. The van der Waals surface area contributed by atoms with Gasteiger partial charge >= 0.3 is 0 Å². The molecule has 0 saturated heterocycles. The number of para-hydroxylation sites is 3. The average Bonchev–Trinajstić information content (AvgIpc) is 2.83. The molecule has 0 aliphatic heterocycles. The molecule has 0 aliphatic carbocycles. The predicted octanol–water partition coefficient (Wildman–Crippen LogP) is 5.18. The van der Waals surface area contributed by atoms with E-state index in [1.165, 1.54) is 0 Å². The Morgan fingerprint density at radius 3 is 1.25 bits per heavy atom. The molecule has 3 aromatic rings. The van der Waals surface area contributed by atoms with E-state index in [1.54, 1.807) is 0 Å². The maximum absolute atomic E-state index is 9.77. The number of benzene rings is 3. The first-order chi connectivity index (χ1) is 15.7. The number of hydrogen-bond donors (Lipinski definition) is 1. The maximum Gasteiger partial charge on any atom is 0.154 e. The third-order valence-corrected chi connectivity index (χ3v) is 5.11. The van der Waals surface area contributed by atoms with Crippen LogP contribution in [0.2, 0.25) is 0 Å². The minimum atomic E-state index is -1.13. The molecule has 0 saturated carbocycles. The number of aliphatic hydroxyl groups is 1. The van der Waals surface area contributed by atoms with E-state index in [2.05, 4.69) is 0 Å². The third-order valence-electron chi connectivity index (χ3n) is 5.11. The van der Waals surface area contributed by atoms with Crippen molar-refractivity contribution >= 4 is 0 Å². The van der Waals surface area contributed by atoms with E-state index in [0.29, 0.717) is 37.1 Å². The third kappa shape index (κ3) is 4.74. The zero-order valence-electron chi connectivity index (χ0n) is 19.0. The van der Waals surface area contributed by atoms with E-state index in [9.17, 15) is 5.11 Å². The largest absolute Gasteiger partial charge is 0.493 e. The highest BCUT2D eigenvalue weighted by molar-refractivity contribution is 5.59. The van der Waals surface area contributed by atoms with Crippen LogP contribution in [0, 0.1) is 0 Å². The highest BCUT2D eigenvalue weighted by Gasteiger charge is 2.44. The zero-order valence-corrected chi connectivity index (χ0v) is 19.0. The van der Waals surface area contributed by atoms with E-state index in [1.807, 2.05) is 93.6 Å². The molecule has 0 bridgehead atoms. The fourth-order valence-corrected chi connectivity index (χ4v) is 3.98. The summed E-state index contributed by atoms with van der Waals surface area (Å²) in [5.74, 6) is 2.10. The fourth-order valence-electron chi connectivity index (χ4n) is 3.98.